The van der Waals surface area contributed by atoms with Gasteiger partial charge in [0.1, 0.15) is 97.2 Å². The van der Waals surface area contributed by atoms with Crippen molar-refractivity contribution in [1.82, 2.24) is 0 Å². The van der Waals surface area contributed by atoms with Gasteiger partial charge < -0.3 is 119 Å². The van der Waals surface area contributed by atoms with E-state index in [1.54, 1.807) is 0 Å². The molecule has 1 aromatic heterocycles. The molecule has 4 aromatic carbocycles. The molecular formula is C52H55O27+. The largest absolute Gasteiger partial charge is 0.507 e. The molecule has 15 atom stereocenters. The van der Waals surface area contributed by atoms with Crippen molar-refractivity contribution in [2.24, 2.45) is 0 Å². The quantitative estimate of drug-likeness (QED) is 0.0238. The number of fused-ring (bicyclic) bond motifs is 1. The smallest absolute Gasteiger partial charge is 0.402 e. The molecule has 27 nitrogen and oxygen atoms in total. The van der Waals surface area contributed by atoms with Crippen LogP contribution in [0.3, 0.4) is 0 Å². The zero-order chi connectivity index (χ0) is 57.0. The fraction of sp³-hybridized carbons (Fsp3) is 0.365. The average Bonchev–Trinajstić information content (AvgIpc) is 3.43. The third-order valence-electron chi connectivity index (χ3n) is 12.8. The van der Waals surface area contributed by atoms with Crippen LogP contribution >= 0.6 is 0 Å². The van der Waals surface area contributed by atoms with Crippen molar-refractivity contribution in [1.29, 1.82) is 0 Å². The number of aliphatic hydroxyl groups is 9. The van der Waals surface area contributed by atoms with Crippen LogP contribution in [0.25, 0.3) is 34.4 Å². The molecule has 0 aliphatic carbocycles. The highest BCUT2D eigenvalue weighted by Gasteiger charge is 2.53. The van der Waals surface area contributed by atoms with Crippen molar-refractivity contribution in [2.45, 2.75) is 92.1 Å². The van der Waals surface area contributed by atoms with Crippen molar-refractivity contribution in [3.05, 3.63) is 96.1 Å². The van der Waals surface area contributed by atoms with E-state index < -0.39 is 158 Å². The number of rotatable bonds is 17. The first-order valence-corrected chi connectivity index (χ1v) is 23.9. The summed E-state index contributed by atoms with van der Waals surface area (Å²) in [7, 11) is 1.32. The lowest BCUT2D eigenvalue weighted by molar-refractivity contribution is -0.358. The Kier molecular flexibility index (Phi) is 17.9. The zero-order valence-electron chi connectivity index (χ0n) is 41.1. The van der Waals surface area contributed by atoms with Crippen LogP contribution in [0.4, 0.5) is 0 Å². The Labute approximate surface area is 445 Å². The number of esters is 2. The Balaban J connectivity index is 1.13. The predicted octanol–water partition coefficient (Wildman–Crippen LogP) is -0.667. The van der Waals surface area contributed by atoms with Crippen molar-refractivity contribution in [2.75, 3.05) is 26.9 Å². The fourth-order valence-corrected chi connectivity index (χ4v) is 8.44. The van der Waals surface area contributed by atoms with E-state index in [2.05, 4.69) is 0 Å². The van der Waals surface area contributed by atoms with E-state index in [0.29, 0.717) is 5.56 Å². The van der Waals surface area contributed by atoms with E-state index in [1.165, 1.54) is 55.7 Å². The van der Waals surface area contributed by atoms with Gasteiger partial charge in [0.2, 0.25) is 18.3 Å². The first-order chi connectivity index (χ1) is 37.6. The molecule has 0 saturated carbocycles. The summed E-state index contributed by atoms with van der Waals surface area (Å²) in [6, 6.07) is 14.5. The maximum absolute atomic E-state index is 13.0. The van der Waals surface area contributed by atoms with E-state index in [9.17, 15) is 86.2 Å². The number of hydrogen-bond acceptors (Lipinski definition) is 26. The van der Waals surface area contributed by atoms with Gasteiger partial charge in [-0.1, -0.05) is 12.1 Å². The fourth-order valence-electron chi connectivity index (χ4n) is 8.44. The summed E-state index contributed by atoms with van der Waals surface area (Å²) in [5, 5.41) is 159. The first kappa shape index (κ1) is 57.6. The Hall–Kier alpha value is -7.61. The highest BCUT2D eigenvalue weighted by Crippen LogP contribution is 2.44. The molecule has 5 aromatic rings. The van der Waals surface area contributed by atoms with Gasteiger partial charge in [0.25, 0.3) is 0 Å². The molecule has 4 heterocycles. The number of carbonyl (C=O) groups is 2. The van der Waals surface area contributed by atoms with Gasteiger partial charge in [0, 0.05) is 30.4 Å². The predicted molar refractivity (Wildman–Crippen MR) is 263 cm³/mol. The Morgan fingerprint density at radius 3 is 1.67 bits per heavy atom. The lowest BCUT2D eigenvalue weighted by Crippen LogP contribution is -2.65. The molecule has 0 unspecified atom stereocenters. The molecule has 0 spiro atoms. The molecule has 3 aliphatic heterocycles. The zero-order valence-corrected chi connectivity index (χ0v) is 41.1. The summed E-state index contributed by atoms with van der Waals surface area (Å²) in [5.74, 6) is -5.92. The normalized spacial score (nSPS) is 29.1. The van der Waals surface area contributed by atoms with Crippen LogP contribution in [-0.2, 0) is 38.0 Å². The van der Waals surface area contributed by atoms with Crippen LogP contribution in [0.15, 0.2) is 89.4 Å². The van der Waals surface area contributed by atoms with Gasteiger partial charge in [0.15, 0.2) is 46.9 Å². The van der Waals surface area contributed by atoms with E-state index >= 15 is 0 Å². The standard InChI is InChI=1S/C52H54O27/c1-70-33-13-22(3-8-28(33)57)5-11-39(61)71-19-36-41(63)44(66)47(69)51(77-36)79-49-45(67)42(64)37(20-72-38(60)10-4-21-2-7-26(55)29(58)12-21)78-52(49)75-34-17-25-31(73-48(34)23-6-9-27(56)30(59)14-23)15-24(54)16-32(25)74-50-46(68)43(65)40(62)35(18-53)76-50/h2-17,35-37,40-47,49-53,62-69H,18-20H2,1H3,(H5-,54,55,56,57,58,59,60,61)/p+1/t35-,36-,37-,40-,41-,42-,43+,44+,45+,46-,47-,49-,50-,51+,52+/m1/s1. The Bertz CT molecular complexity index is 3040. The highest BCUT2D eigenvalue weighted by atomic mass is 16.8. The molecule has 0 radical (unpaired) electrons. The molecule has 15 N–H and O–H groups in total. The van der Waals surface area contributed by atoms with Gasteiger partial charge in [0.05, 0.1) is 25.3 Å². The summed E-state index contributed by atoms with van der Waals surface area (Å²) in [5.41, 5.74) is 0.390. The molecule has 0 amide bonds. The topological polar surface area (TPSA) is 432 Å². The third-order valence-corrected chi connectivity index (χ3v) is 12.8. The van der Waals surface area contributed by atoms with Gasteiger partial charge >= 0.3 is 23.3 Å². The number of carbonyl (C=O) groups excluding carboxylic acids is 2. The minimum atomic E-state index is -2.18. The highest BCUT2D eigenvalue weighted by molar-refractivity contribution is 5.89. The Morgan fingerprint density at radius 1 is 0.532 bits per heavy atom. The summed E-state index contributed by atoms with van der Waals surface area (Å²) in [6.07, 6.45) is -24.5. The molecule has 3 aliphatic rings. The molecule has 79 heavy (non-hydrogen) atoms. The van der Waals surface area contributed by atoms with Crippen molar-refractivity contribution < 1.29 is 133 Å². The number of ether oxygens (including phenoxy) is 9. The van der Waals surface area contributed by atoms with E-state index in [-0.39, 0.29) is 45.1 Å². The van der Waals surface area contributed by atoms with Crippen LogP contribution in [0.2, 0.25) is 0 Å². The van der Waals surface area contributed by atoms with Crippen LogP contribution in [-0.4, -0.2) is 208 Å². The van der Waals surface area contributed by atoms with Crippen LogP contribution < -0.4 is 14.2 Å². The van der Waals surface area contributed by atoms with Crippen molar-refractivity contribution in [3.8, 4) is 63.1 Å². The van der Waals surface area contributed by atoms with Gasteiger partial charge in [-0.05, 0) is 59.7 Å². The van der Waals surface area contributed by atoms with Crippen LogP contribution in [0.1, 0.15) is 11.1 Å². The van der Waals surface area contributed by atoms with Gasteiger partial charge in [-0.2, -0.15) is 0 Å². The summed E-state index contributed by atoms with van der Waals surface area (Å²) < 4.78 is 57.6. The summed E-state index contributed by atoms with van der Waals surface area (Å²) in [4.78, 5) is 25.8. The van der Waals surface area contributed by atoms with Crippen molar-refractivity contribution >= 4 is 35.1 Å². The number of methoxy groups -OCH3 is 1. The lowest BCUT2D eigenvalue weighted by Gasteiger charge is -2.45. The molecular weight excluding hydrogens is 1060 g/mol. The van der Waals surface area contributed by atoms with E-state index in [1.807, 2.05) is 0 Å². The molecule has 424 valence electrons. The number of aliphatic hydroxyl groups excluding tert-OH is 9. The van der Waals surface area contributed by atoms with Crippen LogP contribution in [0, 0.1) is 0 Å². The Morgan fingerprint density at radius 2 is 1.06 bits per heavy atom. The average molecular weight is 1110 g/mol. The summed E-state index contributed by atoms with van der Waals surface area (Å²) >= 11 is 0. The van der Waals surface area contributed by atoms with Gasteiger partial charge in [-0.3, -0.25) is 0 Å². The lowest BCUT2D eigenvalue weighted by atomic mass is 9.97. The minimum absolute atomic E-state index is 0.0572. The number of phenols is 6. The molecule has 3 fully saturated rings. The maximum Gasteiger partial charge on any atom is 0.402 e. The maximum atomic E-state index is 13.0. The number of hydrogen-bond donors (Lipinski definition) is 15. The van der Waals surface area contributed by atoms with Gasteiger partial charge in [-0.25, -0.2) is 14.0 Å². The van der Waals surface area contributed by atoms with Gasteiger partial charge in [-0.15, -0.1) is 0 Å². The molecule has 27 heteroatoms. The SMILES string of the molecule is COc1cc(/C=C/C(=O)OC[C@H]2O[C@@H](O[C@H]3[C@@H](Oc4cc5c(O[C@@H]6O[C@H](CO)[C@@H](O)[C@H](O)[C@H]6O)cc(O)cc5[o+]c4-c4ccc(O)c(O)c4)O[C@H](COC(=O)/C=C/c4ccc(O)c(O)c4)[C@@H](O)[C@@H]3O)[C@H](O)[C@@H](O)[C@@H]2O)ccc1O. The number of aromatic hydroxyl groups is 6. The minimum Gasteiger partial charge on any atom is -0.507 e. The second-order valence-corrected chi connectivity index (χ2v) is 18.2. The monoisotopic (exact) mass is 1110 g/mol. The second-order valence-electron chi connectivity index (χ2n) is 18.2. The number of phenolic OH excluding ortho intramolecular Hbond substituents is 6. The van der Waals surface area contributed by atoms with E-state index in [0.717, 1.165) is 48.6 Å². The molecule has 3 saturated heterocycles. The van der Waals surface area contributed by atoms with Crippen LogP contribution in [0.5, 0.6) is 51.7 Å². The molecule has 0 bridgehead atoms. The second kappa shape index (κ2) is 24.6. The van der Waals surface area contributed by atoms with E-state index in [4.69, 9.17) is 47.0 Å². The first-order valence-electron chi connectivity index (χ1n) is 23.9. The third kappa shape index (κ3) is 13.0. The number of benzene rings is 4. The molecule has 8 rings (SSSR count). The summed E-state index contributed by atoms with van der Waals surface area (Å²) in [6.45, 7) is -2.44. The van der Waals surface area contributed by atoms with Crippen molar-refractivity contribution in [3.63, 3.8) is 0 Å².